The second-order valence-electron chi connectivity index (χ2n) is 5.34. The standard InChI is InChI=1S/C14H25N5/c1-5-15-8-13-9-16-14(17-12(13)3)19-7-6-18(4)11(2)10-19/h9,11,15H,5-8,10H2,1-4H3. The first-order chi connectivity index (χ1) is 9.11. The molecule has 1 aromatic rings. The van der Waals surface area contributed by atoms with E-state index in [2.05, 4.69) is 52.9 Å². The van der Waals surface area contributed by atoms with Gasteiger partial charge in [0, 0.05) is 49.7 Å². The van der Waals surface area contributed by atoms with Gasteiger partial charge in [-0.05, 0) is 27.4 Å². The number of nitrogens with zero attached hydrogens (tertiary/aromatic N) is 4. The molecule has 1 unspecified atom stereocenters. The summed E-state index contributed by atoms with van der Waals surface area (Å²) in [5, 5.41) is 3.32. The van der Waals surface area contributed by atoms with E-state index in [1.807, 2.05) is 6.20 Å². The number of aromatic nitrogens is 2. The Hall–Kier alpha value is -1.20. The zero-order valence-electron chi connectivity index (χ0n) is 12.5. The molecule has 1 aromatic heterocycles. The lowest BCUT2D eigenvalue weighted by Gasteiger charge is -2.37. The van der Waals surface area contributed by atoms with Crippen LogP contribution in [0.2, 0.25) is 0 Å². The third kappa shape index (κ3) is 3.42. The molecule has 106 valence electrons. The normalized spacial score (nSPS) is 20.8. The van der Waals surface area contributed by atoms with Crippen molar-refractivity contribution in [2.75, 3.05) is 38.1 Å². The van der Waals surface area contributed by atoms with Crippen LogP contribution >= 0.6 is 0 Å². The molecule has 5 heteroatoms. The molecule has 1 saturated heterocycles. The van der Waals surface area contributed by atoms with Crippen LogP contribution in [0, 0.1) is 6.92 Å². The van der Waals surface area contributed by atoms with Crippen LogP contribution in [0.5, 0.6) is 0 Å². The minimum atomic E-state index is 0.555. The summed E-state index contributed by atoms with van der Waals surface area (Å²) in [6.07, 6.45) is 1.96. The van der Waals surface area contributed by atoms with Crippen LogP contribution in [-0.4, -0.2) is 54.1 Å². The van der Waals surface area contributed by atoms with Gasteiger partial charge in [0.15, 0.2) is 0 Å². The molecule has 2 heterocycles. The quantitative estimate of drug-likeness (QED) is 0.879. The first-order valence-corrected chi connectivity index (χ1v) is 7.10. The summed E-state index contributed by atoms with van der Waals surface area (Å²) in [5.41, 5.74) is 2.27. The Bertz CT molecular complexity index is 420. The predicted octanol–water partition coefficient (Wildman–Crippen LogP) is 1.03. The molecule has 1 fully saturated rings. The number of anilines is 1. The molecule has 0 bridgehead atoms. The smallest absolute Gasteiger partial charge is 0.225 e. The maximum Gasteiger partial charge on any atom is 0.225 e. The fraction of sp³-hybridized carbons (Fsp3) is 0.714. The maximum atomic E-state index is 4.67. The third-order valence-electron chi connectivity index (χ3n) is 3.88. The van der Waals surface area contributed by atoms with Crippen LogP contribution < -0.4 is 10.2 Å². The van der Waals surface area contributed by atoms with E-state index in [-0.39, 0.29) is 0 Å². The molecule has 1 N–H and O–H groups in total. The number of likely N-dealkylation sites (N-methyl/N-ethyl adjacent to an activating group) is 1. The van der Waals surface area contributed by atoms with Crippen molar-refractivity contribution < 1.29 is 0 Å². The van der Waals surface area contributed by atoms with E-state index in [0.29, 0.717) is 6.04 Å². The number of nitrogens with one attached hydrogen (secondary N) is 1. The highest BCUT2D eigenvalue weighted by Gasteiger charge is 2.22. The fourth-order valence-electron chi connectivity index (χ4n) is 2.30. The molecule has 19 heavy (non-hydrogen) atoms. The lowest BCUT2D eigenvalue weighted by Crippen LogP contribution is -2.50. The Kier molecular flexibility index (Phi) is 4.71. The minimum Gasteiger partial charge on any atom is -0.338 e. The third-order valence-corrected chi connectivity index (χ3v) is 3.88. The average Bonchev–Trinajstić information content (AvgIpc) is 2.40. The van der Waals surface area contributed by atoms with Gasteiger partial charge in [-0.3, -0.25) is 0 Å². The summed E-state index contributed by atoms with van der Waals surface area (Å²) in [6.45, 7) is 11.3. The summed E-state index contributed by atoms with van der Waals surface area (Å²) >= 11 is 0. The molecule has 0 aromatic carbocycles. The second-order valence-corrected chi connectivity index (χ2v) is 5.34. The van der Waals surface area contributed by atoms with Gasteiger partial charge < -0.3 is 15.1 Å². The zero-order valence-corrected chi connectivity index (χ0v) is 12.5. The highest BCUT2D eigenvalue weighted by Crippen LogP contribution is 2.15. The zero-order chi connectivity index (χ0) is 13.8. The molecule has 1 aliphatic rings. The van der Waals surface area contributed by atoms with Gasteiger partial charge in [-0.2, -0.15) is 0 Å². The van der Waals surface area contributed by atoms with Crippen LogP contribution in [0.15, 0.2) is 6.20 Å². The van der Waals surface area contributed by atoms with Crippen molar-refractivity contribution in [3.05, 3.63) is 17.5 Å². The van der Waals surface area contributed by atoms with Gasteiger partial charge in [0.25, 0.3) is 0 Å². The van der Waals surface area contributed by atoms with Gasteiger partial charge in [-0.1, -0.05) is 6.92 Å². The number of rotatable bonds is 4. The van der Waals surface area contributed by atoms with Crippen LogP contribution in [0.25, 0.3) is 0 Å². The highest BCUT2D eigenvalue weighted by molar-refractivity contribution is 5.34. The summed E-state index contributed by atoms with van der Waals surface area (Å²) < 4.78 is 0. The molecule has 1 atom stereocenters. The van der Waals surface area contributed by atoms with Crippen molar-refractivity contribution in [3.63, 3.8) is 0 Å². The molecular formula is C14H25N5. The molecule has 5 nitrogen and oxygen atoms in total. The average molecular weight is 263 g/mol. The number of hydrogen-bond acceptors (Lipinski definition) is 5. The van der Waals surface area contributed by atoms with E-state index in [1.54, 1.807) is 0 Å². The molecule has 1 aliphatic heterocycles. The van der Waals surface area contributed by atoms with Crippen molar-refractivity contribution in [3.8, 4) is 0 Å². The van der Waals surface area contributed by atoms with E-state index in [4.69, 9.17) is 0 Å². The Balaban J connectivity index is 2.07. The van der Waals surface area contributed by atoms with E-state index >= 15 is 0 Å². The van der Waals surface area contributed by atoms with Gasteiger partial charge in [0.2, 0.25) is 5.95 Å². The molecule has 2 rings (SSSR count). The molecule has 0 radical (unpaired) electrons. The Morgan fingerprint density at radius 2 is 2.21 bits per heavy atom. The molecule has 0 saturated carbocycles. The fourth-order valence-corrected chi connectivity index (χ4v) is 2.30. The molecule has 0 aliphatic carbocycles. The van der Waals surface area contributed by atoms with Crippen LogP contribution in [0.4, 0.5) is 5.95 Å². The second kappa shape index (κ2) is 6.30. The lowest BCUT2D eigenvalue weighted by molar-refractivity contribution is 0.232. The number of hydrogen-bond donors (Lipinski definition) is 1. The molecule has 0 amide bonds. The lowest BCUT2D eigenvalue weighted by atomic mass is 10.2. The highest BCUT2D eigenvalue weighted by atomic mass is 15.3. The first kappa shape index (κ1) is 14.2. The van der Waals surface area contributed by atoms with Gasteiger partial charge >= 0.3 is 0 Å². The van der Waals surface area contributed by atoms with Crippen molar-refractivity contribution in [2.24, 2.45) is 0 Å². The van der Waals surface area contributed by atoms with Gasteiger partial charge in [-0.15, -0.1) is 0 Å². The van der Waals surface area contributed by atoms with Gasteiger partial charge in [0.1, 0.15) is 0 Å². The van der Waals surface area contributed by atoms with Crippen LogP contribution in [0.1, 0.15) is 25.1 Å². The largest absolute Gasteiger partial charge is 0.338 e. The summed E-state index contributed by atoms with van der Waals surface area (Å²) in [4.78, 5) is 13.9. The minimum absolute atomic E-state index is 0.555. The Morgan fingerprint density at radius 3 is 2.84 bits per heavy atom. The van der Waals surface area contributed by atoms with Gasteiger partial charge in [0.05, 0.1) is 0 Å². The van der Waals surface area contributed by atoms with E-state index in [9.17, 15) is 0 Å². The number of piperazine rings is 1. The van der Waals surface area contributed by atoms with Gasteiger partial charge in [-0.25, -0.2) is 9.97 Å². The van der Waals surface area contributed by atoms with Crippen LogP contribution in [0.3, 0.4) is 0 Å². The van der Waals surface area contributed by atoms with E-state index in [0.717, 1.165) is 44.4 Å². The van der Waals surface area contributed by atoms with Crippen molar-refractivity contribution in [2.45, 2.75) is 33.4 Å². The number of aryl methyl sites for hydroxylation is 1. The summed E-state index contributed by atoms with van der Waals surface area (Å²) in [6, 6.07) is 0.555. The van der Waals surface area contributed by atoms with Crippen molar-refractivity contribution in [1.29, 1.82) is 0 Å². The van der Waals surface area contributed by atoms with Crippen LogP contribution in [-0.2, 0) is 6.54 Å². The topological polar surface area (TPSA) is 44.3 Å². The Morgan fingerprint density at radius 1 is 1.42 bits per heavy atom. The first-order valence-electron chi connectivity index (χ1n) is 7.10. The molecular weight excluding hydrogens is 238 g/mol. The van der Waals surface area contributed by atoms with E-state index < -0.39 is 0 Å². The monoisotopic (exact) mass is 263 g/mol. The summed E-state index contributed by atoms with van der Waals surface area (Å²) in [7, 11) is 2.17. The van der Waals surface area contributed by atoms with E-state index in [1.165, 1.54) is 5.56 Å². The summed E-state index contributed by atoms with van der Waals surface area (Å²) in [5.74, 6) is 0.873. The SMILES string of the molecule is CCNCc1cnc(N2CCN(C)C(C)C2)nc1C. The Labute approximate surface area is 116 Å². The van der Waals surface area contributed by atoms with Crippen molar-refractivity contribution >= 4 is 5.95 Å². The maximum absolute atomic E-state index is 4.67. The van der Waals surface area contributed by atoms with Crippen molar-refractivity contribution in [1.82, 2.24) is 20.2 Å². The molecule has 0 spiro atoms. The predicted molar refractivity (Wildman–Crippen MR) is 78.5 cm³/mol.